The van der Waals surface area contributed by atoms with Crippen LogP contribution in [-0.4, -0.2) is 24.5 Å². The van der Waals surface area contributed by atoms with Crippen LogP contribution in [0.1, 0.15) is 19.4 Å². The first-order chi connectivity index (χ1) is 10.7. The van der Waals surface area contributed by atoms with E-state index in [4.69, 9.17) is 10.5 Å². The minimum Gasteiger partial charge on any atom is -0.545 e. The zero-order chi connectivity index (χ0) is 17.6. The van der Waals surface area contributed by atoms with Gasteiger partial charge in [-0.15, -0.1) is 0 Å². The number of carbonyl (C=O) groups is 3. The van der Waals surface area contributed by atoms with E-state index in [0.29, 0.717) is 11.3 Å². The molecular weight excluding hydrogens is 348 g/mol. The molecule has 1 aromatic rings. The Hall–Kier alpha value is -0.830. The quantitative estimate of drug-likeness (QED) is 0.359. The third-order valence-electron chi connectivity index (χ3n) is 3.05. The summed E-state index contributed by atoms with van der Waals surface area (Å²) in [4.78, 5) is 33.0. The largest absolute Gasteiger partial charge is 1.00 e. The average Bonchev–Trinajstić information content (AvgIpc) is 2.44. The van der Waals surface area contributed by atoms with E-state index in [1.807, 2.05) is 0 Å². The molecule has 1 rings (SSSR count). The van der Waals surface area contributed by atoms with Crippen molar-refractivity contribution in [2.24, 2.45) is 11.7 Å². The molecule has 7 nitrogen and oxygen atoms in total. The van der Waals surface area contributed by atoms with Crippen LogP contribution in [0.25, 0.3) is 0 Å². The average molecular weight is 365 g/mol. The van der Waals surface area contributed by atoms with Gasteiger partial charge in [-0.3, -0.25) is 4.79 Å². The smallest absolute Gasteiger partial charge is 0.545 e. The van der Waals surface area contributed by atoms with Gasteiger partial charge < -0.3 is 30.3 Å². The summed E-state index contributed by atoms with van der Waals surface area (Å²) >= 11 is 0. The Labute approximate surface area is 190 Å². The summed E-state index contributed by atoms with van der Waals surface area (Å²) in [5.74, 6) is -3.83. The van der Waals surface area contributed by atoms with Crippen molar-refractivity contribution in [3.63, 3.8) is 0 Å². The van der Waals surface area contributed by atoms with E-state index in [1.165, 1.54) is 12.1 Å². The molecule has 0 heterocycles. The molecule has 124 valence electrons. The fourth-order valence-electron chi connectivity index (χ4n) is 2.05. The molecule has 0 radical (unpaired) electrons. The molecule has 0 aromatic heterocycles. The Morgan fingerprint density at radius 3 is 1.92 bits per heavy atom. The number of rotatable bonds is 8. The van der Waals surface area contributed by atoms with Crippen molar-refractivity contribution >= 4 is 17.8 Å². The topological polar surface area (TPSA) is 133 Å². The number of carboxylic acids is 2. The second kappa shape index (κ2) is 12.5. The number of carboxylic acid groups (broad SMARTS) is 2. The van der Waals surface area contributed by atoms with Crippen molar-refractivity contribution in [3.05, 3.63) is 41.0 Å². The standard InChI is InChI=1S/C16H19NO6.2Na/c1-9(2)14(16(21)22)12(15(19)20)7-10-3-5-11(6-4-10)23-8-13(17)18;;/h3-6,9H,7-8H2,1-2H3,(H2,17,18)(H,19,20)(H,21,22);;/q;2*+1/p-2/b14-12-;;. The van der Waals surface area contributed by atoms with Crippen LogP contribution in [0.3, 0.4) is 0 Å². The summed E-state index contributed by atoms with van der Waals surface area (Å²) in [6.45, 7) is 2.86. The second-order valence-electron chi connectivity index (χ2n) is 5.20. The zero-order valence-electron chi connectivity index (χ0n) is 14.8. The molecule has 1 aromatic carbocycles. The van der Waals surface area contributed by atoms with E-state index in [2.05, 4.69) is 0 Å². The van der Waals surface area contributed by atoms with Gasteiger partial charge in [-0.05, 0) is 41.2 Å². The fraction of sp³-hybridized carbons (Fsp3) is 0.312. The number of hydrogen-bond acceptors (Lipinski definition) is 6. The van der Waals surface area contributed by atoms with Crippen LogP contribution >= 0.6 is 0 Å². The van der Waals surface area contributed by atoms with Gasteiger partial charge in [-0.2, -0.15) is 0 Å². The van der Waals surface area contributed by atoms with Gasteiger partial charge in [-0.1, -0.05) is 26.0 Å². The fourth-order valence-corrected chi connectivity index (χ4v) is 2.05. The van der Waals surface area contributed by atoms with Crippen LogP contribution in [-0.2, 0) is 20.8 Å². The number of aliphatic carboxylic acids is 2. The van der Waals surface area contributed by atoms with Crippen molar-refractivity contribution in [2.45, 2.75) is 20.3 Å². The minimum absolute atomic E-state index is 0. The van der Waals surface area contributed by atoms with Gasteiger partial charge in [0.15, 0.2) is 6.61 Å². The molecular formula is C16H17NNa2O6. The van der Waals surface area contributed by atoms with E-state index in [1.54, 1.807) is 26.0 Å². The van der Waals surface area contributed by atoms with E-state index in [-0.39, 0.29) is 83.3 Å². The van der Waals surface area contributed by atoms with Crippen molar-refractivity contribution < 1.29 is 88.4 Å². The van der Waals surface area contributed by atoms with Gasteiger partial charge in [0.05, 0.1) is 11.9 Å². The SMILES string of the molecule is CC(C)/C(C(=O)[O-])=C(\Cc1ccc(OCC(N)=O)cc1)C(=O)[O-].[Na+].[Na+]. The summed E-state index contributed by atoms with van der Waals surface area (Å²) in [5, 5.41) is 22.4. The first-order valence-electron chi connectivity index (χ1n) is 6.88. The second-order valence-corrected chi connectivity index (χ2v) is 5.20. The Balaban J connectivity index is 0. The van der Waals surface area contributed by atoms with E-state index < -0.39 is 23.8 Å². The van der Waals surface area contributed by atoms with Crippen molar-refractivity contribution in [1.82, 2.24) is 0 Å². The van der Waals surface area contributed by atoms with Crippen molar-refractivity contribution in [3.8, 4) is 5.75 Å². The molecule has 0 aliphatic heterocycles. The summed E-state index contributed by atoms with van der Waals surface area (Å²) < 4.78 is 5.08. The van der Waals surface area contributed by atoms with E-state index >= 15 is 0 Å². The summed E-state index contributed by atoms with van der Waals surface area (Å²) in [6, 6.07) is 6.18. The van der Waals surface area contributed by atoms with Gasteiger partial charge in [0, 0.05) is 0 Å². The number of hydrogen-bond donors (Lipinski definition) is 1. The number of nitrogens with two attached hydrogens (primary N) is 1. The molecule has 9 heteroatoms. The minimum atomic E-state index is -1.55. The predicted molar refractivity (Wildman–Crippen MR) is 76.7 cm³/mol. The third-order valence-corrected chi connectivity index (χ3v) is 3.05. The Morgan fingerprint density at radius 1 is 1.04 bits per heavy atom. The van der Waals surface area contributed by atoms with Gasteiger partial charge in [0.1, 0.15) is 5.75 Å². The van der Waals surface area contributed by atoms with Crippen LogP contribution in [0, 0.1) is 5.92 Å². The van der Waals surface area contributed by atoms with Crippen LogP contribution in [0.5, 0.6) is 5.75 Å². The Morgan fingerprint density at radius 2 is 1.56 bits per heavy atom. The number of amides is 1. The maximum atomic E-state index is 11.3. The molecule has 2 N–H and O–H groups in total. The zero-order valence-corrected chi connectivity index (χ0v) is 18.8. The molecule has 1 amide bonds. The molecule has 25 heavy (non-hydrogen) atoms. The molecule has 0 saturated carbocycles. The van der Waals surface area contributed by atoms with Crippen LogP contribution < -0.4 is 79.8 Å². The molecule has 0 aliphatic carbocycles. The molecule has 0 aliphatic rings. The van der Waals surface area contributed by atoms with Gasteiger partial charge in [0.25, 0.3) is 5.91 Å². The number of ether oxygens (including phenoxy) is 1. The molecule has 0 saturated heterocycles. The first kappa shape index (κ1) is 26.4. The maximum Gasteiger partial charge on any atom is 1.00 e. The molecule has 0 bridgehead atoms. The molecule has 0 unspecified atom stereocenters. The van der Waals surface area contributed by atoms with Gasteiger partial charge >= 0.3 is 59.1 Å². The summed E-state index contributed by atoms with van der Waals surface area (Å²) in [5.41, 5.74) is 4.89. The Kier molecular flexibility index (Phi) is 13.2. The third kappa shape index (κ3) is 8.89. The monoisotopic (exact) mass is 365 g/mol. The molecule has 0 fully saturated rings. The number of primary amides is 1. The van der Waals surface area contributed by atoms with Gasteiger partial charge in [0.2, 0.25) is 0 Å². The van der Waals surface area contributed by atoms with Gasteiger partial charge in [-0.25, -0.2) is 0 Å². The van der Waals surface area contributed by atoms with Crippen LogP contribution in [0.2, 0.25) is 0 Å². The number of carbonyl (C=O) groups excluding carboxylic acids is 3. The molecule has 0 spiro atoms. The summed E-state index contributed by atoms with van der Waals surface area (Å²) in [6.07, 6.45) is -0.125. The van der Waals surface area contributed by atoms with Crippen LogP contribution in [0.15, 0.2) is 35.4 Å². The van der Waals surface area contributed by atoms with Crippen molar-refractivity contribution in [1.29, 1.82) is 0 Å². The number of benzene rings is 1. The maximum absolute atomic E-state index is 11.3. The summed E-state index contributed by atoms with van der Waals surface area (Å²) in [7, 11) is 0. The van der Waals surface area contributed by atoms with Crippen molar-refractivity contribution in [2.75, 3.05) is 6.61 Å². The normalized spacial score (nSPS) is 10.8. The predicted octanol–water partition coefficient (Wildman–Crippen LogP) is -7.45. The van der Waals surface area contributed by atoms with E-state index in [0.717, 1.165) is 0 Å². The first-order valence-corrected chi connectivity index (χ1v) is 6.88. The Bertz CT molecular complexity index is 641. The molecule has 0 atom stereocenters. The van der Waals surface area contributed by atoms with Crippen LogP contribution in [0.4, 0.5) is 0 Å². The van der Waals surface area contributed by atoms with E-state index in [9.17, 15) is 24.6 Å².